The summed E-state index contributed by atoms with van der Waals surface area (Å²) >= 11 is 1.60. The minimum Gasteiger partial charge on any atom is -0.338 e. The average molecular weight is 317 g/mol. The minimum absolute atomic E-state index is 0.217. The van der Waals surface area contributed by atoms with Gasteiger partial charge in [-0.1, -0.05) is 24.2 Å². The molecule has 6 heteroatoms. The van der Waals surface area contributed by atoms with Gasteiger partial charge in [0.15, 0.2) is 0 Å². The first-order valence-corrected chi connectivity index (χ1v) is 8.01. The van der Waals surface area contributed by atoms with E-state index in [4.69, 9.17) is 4.52 Å². The second kappa shape index (κ2) is 6.81. The Kier molecular flexibility index (Phi) is 4.60. The summed E-state index contributed by atoms with van der Waals surface area (Å²) in [4.78, 5) is 6.54. The van der Waals surface area contributed by atoms with Crippen molar-refractivity contribution >= 4 is 11.3 Å². The second-order valence-corrected chi connectivity index (χ2v) is 5.74. The summed E-state index contributed by atoms with van der Waals surface area (Å²) in [7, 11) is 0. The Hall–Kier alpha value is -2.05. The Labute approximate surface area is 132 Å². The van der Waals surface area contributed by atoms with Crippen LogP contribution in [0.25, 0.3) is 11.4 Å². The highest BCUT2D eigenvalue weighted by Gasteiger charge is 2.13. The smallest absolute Gasteiger partial charge is 0.241 e. The fourth-order valence-electron chi connectivity index (χ4n) is 2.19. The average Bonchev–Trinajstić information content (AvgIpc) is 3.17. The van der Waals surface area contributed by atoms with Crippen molar-refractivity contribution in [1.82, 2.24) is 15.0 Å². The molecule has 22 heavy (non-hydrogen) atoms. The number of rotatable bonds is 6. The lowest BCUT2D eigenvalue weighted by Gasteiger charge is -2.18. The van der Waals surface area contributed by atoms with Crippen molar-refractivity contribution in [2.75, 3.05) is 6.54 Å². The predicted molar refractivity (Wildman–Crippen MR) is 83.8 cm³/mol. The normalized spacial score (nSPS) is 11.2. The Balaban J connectivity index is 1.68. The van der Waals surface area contributed by atoms with Crippen molar-refractivity contribution in [2.24, 2.45) is 0 Å². The molecule has 0 fully saturated rings. The van der Waals surface area contributed by atoms with E-state index in [1.54, 1.807) is 23.5 Å². The lowest BCUT2D eigenvalue weighted by atomic mass is 10.2. The second-order valence-electron chi connectivity index (χ2n) is 4.96. The van der Waals surface area contributed by atoms with E-state index in [1.807, 2.05) is 22.9 Å². The molecule has 0 atom stereocenters. The molecule has 114 valence electrons. The van der Waals surface area contributed by atoms with E-state index >= 15 is 0 Å². The van der Waals surface area contributed by atoms with Crippen LogP contribution in [0.2, 0.25) is 0 Å². The van der Waals surface area contributed by atoms with Crippen LogP contribution in [0.3, 0.4) is 0 Å². The molecule has 0 aliphatic rings. The number of hydrogen-bond donors (Lipinski definition) is 0. The zero-order valence-corrected chi connectivity index (χ0v) is 13.0. The van der Waals surface area contributed by atoms with Crippen LogP contribution in [0.4, 0.5) is 4.39 Å². The van der Waals surface area contributed by atoms with E-state index < -0.39 is 0 Å². The first kappa shape index (κ1) is 14.9. The summed E-state index contributed by atoms with van der Waals surface area (Å²) in [5.74, 6) is 0.962. The van der Waals surface area contributed by atoms with Crippen molar-refractivity contribution in [1.29, 1.82) is 0 Å². The fraction of sp³-hybridized carbons (Fsp3) is 0.250. The maximum absolute atomic E-state index is 13.3. The highest BCUT2D eigenvalue weighted by Crippen LogP contribution is 2.19. The summed E-state index contributed by atoms with van der Waals surface area (Å²) in [6, 6.07) is 8.60. The number of halogens is 1. The van der Waals surface area contributed by atoms with E-state index in [1.165, 1.54) is 6.07 Å². The monoisotopic (exact) mass is 317 g/mol. The van der Waals surface area contributed by atoms with Crippen LogP contribution in [-0.4, -0.2) is 21.6 Å². The molecule has 2 aromatic heterocycles. The number of nitrogens with zero attached hydrogens (tertiary/aromatic N) is 3. The van der Waals surface area contributed by atoms with Crippen molar-refractivity contribution in [3.8, 4) is 11.4 Å². The molecule has 3 rings (SSSR count). The van der Waals surface area contributed by atoms with Crippen LogP contribution in [0, 0.1) is 5.82 Å². The molecule has 3 aromatic rings. The van der Waals surface area contributed by atoms with Crippen LogP contribution >= 0.6 is 11.3 Å². The molecule has 0 aliphatic carbocycles. The largest absolute Gasteiger partial charge is 0.338 e. The summed E-state index contributed by atoms with van der Waals surface area (Å²) < 4.78 is 18.6. The van der Waals surface area contributed by atoms with Crippen LogP contribution in [0.5, 0.6) is 0 Å². The topological polar surface area (TPSA) is 42.2 Å². The van der Waals surface area contributed by atoms with Gasteiger partial charge >= 0.3 is 0 Å². The third-order valence-corrected chi connectivity index (χ3v) is 4.03. The Morgan fingerprint density at radius 3 is 2.91 bits per heavy atom. The van der Waals surface area contributed by atoms with E-state index in [0.717, 1.165) is 17.7 Å². The molecule has 0 unspecified atom stereocenters. The van der Waals surface area contributed by atoms with Crippen LogP contribution < -0.4 is 0 Å². The van der Waals surface area contributed by atoms with Gasteiger partial charge in [-0.2, -0.15) is 16.3 Å². The maximum Gasteiger partial charge on any atom is 0.241 e. The number of aromatic nitrogens is 2. The summed E-state index contributed by atoms with van der Waals surface area (Å²) in [5, 5.41) is 7.97. The third kappa shape index (κ3) is 3.58. The molecule has 0 N–H and O–H groups in total. The summed E-state index contributed by atoms with van der Waals surface area (Å²) in [6.45, 7) is 4.05. The molecular formula is C16H16FN3OS. The van der Waals surface area contributed by atoms with Crippen LogP contribution in [0.1, 0.15) is 18.4 Å². The molecule has 0 spiro atoms. The lowest BCUT2D eigenvalue weighted by molar-refractivity contribution is 0.229. The van der Waals surface area contributed by atoms with Gasteiger partial charge in [0.05, 0.1) is 6.54 Å². The van der Waals surface area contributed by atoms with Crippen molar-refractivity contribution in [2.45, 2.75) is 20.0 Å². The third-order valence-electron chi connectivity index (χ3n) is 3.35. The predicted octanol–water partition coefficient (Wildman–Crippen LogP) is 3.96. The van der Waals surface area contributed by atoms with Gasteiger partial charge in [0.1, 0.15) is 5.82 Å². The Bertz CT molecular complexity index is 727. The molecule has 0 saturated carbocycles. The number of thiophene rings is 1. The maximum atomic E-state index is 13.3. The highest BCUT2D eigenvalue weighted by atomic mass is 32.1. The molecule has 0 amide bonds. The van der Waals surface area contributed by atoms with Gasteiger partial charge in [0, 0.05) is 17.5 Å². The molecule has 0 radical (unpaired) electrons. The summed E-state index contributed by atoms with van der Waals surface area (Å²) in [6.07, 6.45) is 0. The zero-order chi connectivity index (χ0) is 15.4. The standard InChI is InChI=1S/C16H16FN3OS/c1-2-20(9-12-4-3-5-14(17)8-12)10-15-18-16(19-21-15)13-6-7-22-11-13/h3-8,11H,2,9-10H2,1H3. The lowest BCUT2D eigenvalue weighted by Crippen LogP contribution is -2.22. The first-order chi connectivity index (χ1) is 10.7. The molecule has 0 aliphatic heterocycles. The van der Waals surface area contributed by atoms with Crippen molar-refractivity contribution in [3.05, 3.63) is 58.4 Å². The van der Waals surface area contributed by atoms with Gasteiger partial charge in [-0.25, -0.2) is 4.39 Å². The van der Waals surface area contributed by atoms with Gasteiger partial charge in [-0.3, -0.25) is 4.90 Å². The Morgan fingerprint density at radius 1 is 1.27 bits per heavy atom. The van der Waals surface area contributed by atoms with Gasteiger partial charge < -0.3 is 4.52 Å². The SMILES string of the molecule is CCN(Cc1cccc(F)c1)Cc1nc(-c2ccsc2)no1. The Morgan fingerprint density at radius 2 is 2.18 bits per heavy atom. The molecule has 0 bridgehead atoms. The van der Waals surface area contributed by atoms with E-state index in [9.17, 15) is 4.39 Å². The molecule has 4 nitrogen and oxygen atoms in total. The molecule has 0 saturated heterocycles. The molecular weight excluding hydrogens is 301 g/mol. The number of benzene rings is 1. The molecule has 1 aromatic carbocycles. The first-order valence-electron chi connectivity index (χ1n) is 7.06. The minimum atomic E-state index is -0.217. The molecule has 2 heterocycles. The van der Waals surface area contributed by atoms with E-state index in [0.29, 0.717) is 24.8 Å². The van der Waals surface area contributed by atoms with E-state index in [2.05, 4.69) is 22.0 Å². The van der Waals surface area contributed by atoms with Gasteiger partial charge in [-0.15, -0.1) is 0 Å². The van der Waals surface area contributed by atoms with Gasteiger partial charge in [0.2, 0.25) is 11.7 Å². The van der Waals surface area contributed by atoms with Gasteiger partial charge in [-0.05, 0) is 35.7 Å². The van der Waals surface area contributed by atoms with Crippen molar-refractivity contribution in [3.63, 3.8) is 0 Å². The number of hydrogen-bond acceptors (Lipinski definition) is 5. The van der Waals surface area contributed by atoms with E-state index in [-0.39, 0.29) is 5.82 Å². The van der Waals surface area contributed by atoms with Gasteiger partial charge in [0.25, 0.3) is 0 Å². The highest BCUT2D eigenvalue weighted by molar-refractivity contribution is 7.08. The van der Waals surface area contributed by atoms with Crippen LogP contribution in [-0.2, 0) is 13.1 Å². The fourth-order valence-corrected chi connectivity index (χ4v) is 2.83. The van der Waals surface area contributed by atoms with Crippen LogP contribution in [0.15, 0.2) is 45.6 Å². The summed E-state index contributed by atoms with van der Waals surface area (Å²) in [5.41, 5.74) is 1.90. The zero-order valence-electron chi connectivity index (χ0n) is 12.2. The van der Waals surface area contributed by atoms with Crippen molar-refractivity contribution < 1.29 is 8.91 Å². The quantitative estimate of drug-likeness (QED) is 0.690.